The SMILES string of the molecule is Cc1cccc(OCCOCCOc2ccccc2C=C2SC(=S)NC2=O)c1. The topological polar surface area (TPSA) is 56.8 Å². The van der Waals surface area contributed by atoms with Crippen molar-refractivity contribution in [3.05, 3.63) is 64.6 Å². The number of thioether (sulfide) groups is 1. The molecule has 1 aliphatic heterocycles. The molecule has 1 saturated heterocycles. The first kappa shape index (κ1) is 20.4. The zero-order valence-corrected chi connectivity index (χ0v) is 17.1. The smallest absolute Gasteiger partial charge is 0.263 e. The molecule has 5 nitrogen and oxygen atoms in total. The summed E-state index contributed by atoms with van der Waals surface area (Å²) in [4.78, 5) is 12.4. The number of para-hydroxylation sites is 1. The van der Waals surface area contributed by atoms with Gasteiger partial charge in [-0.2, -0.15) is 0 Å². The molecule has 7 heteroatoms. The van der Waals surface area contributed by atoms with Crippen LogP contribution in [0.4, 0.5) is 0 Å². The number of rotatable bonds is 9. The van der Waals surface area contributed by atoms with Crippen molar-refractivity contribution in [3.8, 4) is 11.5 Å². The molecule has 1 fully saturated rings. The predicted octanol–water partition coefficient (Wildman–Crippen LogP) is 3.96. The zero-order valence-electron chi connectivity index (χ0n) is 15.5. The van der Waals surface area contributed by atoms with Gasteiger partial charge < -0.3 is 19.5 Å². The molecule has 0 aromatic heterocycles. The largest absolute Gasteiger partial charge is 0.491 e. The molecule has 2 aromatic carbocycles. The van der Waals surface area contributed by atoms with E-state index in [1.54, 1.807) is 6.08 Å². The molecule has 1 amide bonds. The van der Waals surface area contributed by atoms with E-state index in [2.05, 4.69) is 5.32 Å². The molecule has 0 saturated carbocycles. The number of hydrogen-bond donors (Lipinski definition) is 1. The number of thiocarbonyl (C=S) groups is 1. The third-order valence-electron chi connectivity index (χ3n) is 3.82. The van der Waals surface area contributed by atoms with Crippen molar-refractivity contribution in [2.75, 3.05) is 26.4 Å². The highest BCUT2D eigenvalue weighted by Crippen LogP contribution is 2.29. The number of ether oxygens (including phenoxy) is 3. The first-order valence-corrected chi connectivity index (χ1v) is 10.1. The van der Waals surface area contributed by atoms with Crippen molar-refractivity contribution in [2.45, 2.75) is 6.92 Å². The Morgan fingerprint density at radius 1 is 1.04 bits per heavy atom. The van der Waals surface area contributed by atoms with Gasteiger partial charge in [-0.05, 0) is 36.8 Å². The molecule has 2 aromatic rings. The van der Waals surface area contributed by atoms with Crippen molar-refractivity contribution >= 4 is 40.3 Å². The maximum Gasteiger partial charge on any atom is 0.263 e. The summed E-state index contributed by atoms with van der Waals surface area (Å²) < 4.78 is 17.5. The van der Waals surface area contributed by atoms with Gasteiger partial charge >= 0.3 is 0 Å². The van der Waals surface area contributed by atoms with Crippen LogP contribution in [-0.4, -0.2) is 36.7 Å². The van der Waals surface area contributed by atoms with Gasteiger partial charge in [0.05, 0.1) is 18.1 Å². The van der Waals surface area contributed by atoms with E-state index in [4.69, 9.17) is 26.4 Å². The van der Waals surface area contributed by atoms with E-state index >= 15 is 0 Å². The average Bonchev–Trinajstić information content (AvgIpc) is 2.99. The Morgan fingerprint density at radius 2 is 1.82 bits per heavy atom. The second kappa shape index (κ2) is 10.3. The van der Waals surface area contributed by atoms with Gasteiger partial charge in [-0.15, -0.1) is 0 Å². The Bertz CT molecular complexity index is 882. The maximum absolute atomic E-state index is 11.8. The summed E-state index contributed by atoms with van der Waals surface area (Å²) in [5.41, 5.74) is 1.99. The van der Waals surface area contributed by atoms with Crippen LogP contribution in [0.5, 0.6) is 11.5 Å². The number of carbonyl (C=O) groups is 1. The molecule has 1 N–H and O–H groups in total. The average molecular weight is 416 g/mol. The molecule has 0 spiro atoms. The normalized spacial score (nSPS) is 15.0. The molecule has 146 valence electrons. The summed E-state index contributed by atoms with van der Waals surface area (Å²) in [7, 11) is 0. The van der Waals surface area contributed by atoms with Crippen LogP contribution in [0.3, 0.4) is 0 Å². The lowest BCUT2D eigenvalue weighted by Gasteiger charge is -2.10. The summed E-state index contributed by atoms with van der Waals surface area (Å²) in [6.45, 7) is 3.85. The van der Waals surface area contributed by atoms with Crippen LogP contribution >= 0.6 is 24.0 Å². The molecule has 0 radical (unpaired) electrons. The van der Waals surface area contributed by atoms with Gasteiger partial charge in [-0.25, -0.2) is 0 Å². The van der Waals surface area contributed by atoms with Crippen molar-refractivity contribution in [3.63, 3.8) is 0 Å². The molecule has 1 aliphatic rings. The summed E-state index contributed by atoms with van der Waals surface area (Å²) in [5, 5.41) is 2.61. The highest BCUT2D eigenvalue weighted by molar-refractivity contribution is 8.26. The van der Waals surface area contributed by atoms with Crippen LogP contribution in [0.2, 0.25) is 0 Å². The predicted molar refractivity (Wildman–Crippen MR) is 116 cm³/mol. The summed E-state index contributed by atoms with van der Waals surface area (Å²) >= 11 is 6.26. The van der Waals surface area contributed by atoms with Crippen molar-refractivity contribution in [1.29, 1.82) is 0 Å². The number of benzene rings is 2. The summed E-state index contributed by atoms with van der Waals surface area (Å²) in [5.74, 6) is 1.36. The molecule has 1 heterocycles. The second-order valence-electron chi connectivity index (χ2n) is 6.02. The quantitative estimate of drug-likeness (QED) is 0.380. The summed E-state index contributed by atoms with van der Waals surface area (Å²) in [6.07, 6.45) is 1.78. The lowest BCUT2D eigenvalue weighted by atomic mass is 10.2. The van der Waals surface area contributed by atoms with Crippen LogP contribution in [0.15, 0.2) is 53.4 Å². The van der Waals surface area contributed by atoms with Gasteiger partial charge in [0.1, 0.15) is 29.0 Å². The van der Waals surface area contributed by atoms with E-state index in [1.165, 1.54) is 11.8 Å². The lowest BCUT2D eigenvalue weighted by Crippen LogP contribution is -2.17. The minimum atomic E-state index is -0.179. The lowest BCUT2D eigenvalue weighted by molar-refractivity contribution is -0.115. The van der Waals surface area contributed by atoms with Gasteiger partial charge in [-0.3, -0.25) is 4.79 Å². The molecule has 3 rings (SSSR count). The monoisotopic (exact) mass is 415 g/mol. The molecule has 0 bridgehead atoms. The first-order valence-electron chi connectivity index (χ1n) is 8.86. The fourth-order valence-corrected chi connectivity index (χ4v) is 3.56. The molecule has 0 unspecified atom stereocenters. The van der Waals surface area contributed by atoms with Crippen LogP contribution in [0, 0.1) is 6.92 Å². The van der Waals surface area contributed by atoms with E-state index in [9.17, 15) is 4.79 Å². The number of amides is 1. The van der Waals surface area contributed by atoms with E-state index in [0.717, 1.165) is 16.9 Å². The Morgan fingerprint density at radius 3 is 2.57 bits per heavy atom. The molecule has 0 atom stereocenters. The Labute approximate surface area is 174 Å². The highest BCUT2D eigenvalue weighted by Gasteiger charge is 2.22. The fourth-order valence-electron chi connectivity index (χ4n) is 2.53. The standard InChI is InChI=1S/C21H21NO4S2/c1-15-5-4-7-17(13-15)25-11-9-24-10-12-26-18-8-3-2-6-16(18)14-19-20(23)22-21(27)28-19/h2-8,13-14H,9-12H2,1H3,(H,22,23,27). The van der Waals surface area contributed by atoms with Gasteiger partial charge in [0.2, 0.25) is 0 Å². The van der Waals surface area contributed by atoms with E-state index in [-0.39, 0.29) is 5.91 Å². The van der Waals surface area contributed by atoms with E-state index in [1.807, 2.05) is 55.5 Å². The van der Waals surface area contributed by atoms with Gasteiger partial charge in [-0.1, -0.05) is 54.3 Å². The zero-order chi connectivity index (χ0) is 19.8. The molecular weight excluding hydrogens is 394 g/mol. The number of carbonyl (C=O) groups excluding carboxylic acids is 1. The number of aryl methyl sites for hydroxylation is 1. The van der Waals surface area contributed by atoms with E-state index < -0.39 is 0 Å². The minimum Gasteiger partial charge on any atom is -0.491 e. The highest BCUT2D eigenvalue weighted by atomic mass is 32.2. The Balaban J connectivity index is 1.41. The number of hydrogen-bond acceptors (Lipinski definition) is 6. The van der Waals surface area contributed by atoms with Gasteiger partial charge in [0.15, 0.2) is 0 Å². The van der Waals surface area contributed by atoms with Crippen LogP contribution in [-0.2, 0) is 9.53 Å². The fraction of sp³-hybridized carbons (Fsp3) is 0.238. The van der Waals surface area contributed by atoms with E-state index in [0.29, 0.717) is 41.4 Å². The van der Waals surface area contributed by atoms with Crippen molar-refractivity contribution < 1.29 is 19.0 Å². The Hall–Kier alpha value is -2.35. The van der Waals surface area contributed by atoms with Gasteiger partial charge in [0, 0.05) is 5.56 Å². The first-order chi connectivity index (χ1) is 13.6. The van der Waals surface area contributed by atoms with Crippen molar-refractivity contribution in [1.82, 2.24) is 5.32 Å². The third-order valence-corrected chi connectivity index (χ3v) is 4.98. The third kappa shape index (κ3) is 6.09. The minimum absolute atomic E-state index is 0.179. The second-order valence-corrected chi connectivity index (χ2v) is 7.73. The van der Waals surface area contributed by atoms with Crippen LogP contribution in [0.25, 0.3) is 6.08 Å². The molecule has 0 aliphatic carbocycles. The Kier molecular flexibility index (Phi) is 7.47. The van der Waals surface area contributed by atoms with Crippen molar-refractivity contribution in [2.24, 2.45) is 0 Å². The van der Waals surface area contributed by atoms with Crippen LogP contribution in [0.1, 0.15) is 11.1 Å². The van der Waals surface area contributed by atoms with Gasteiger partial charge in [0.25, 0.3) is 5.91 Å². The summed E-state index contributed by atoms with van der Waals surface area (Å²) in [6, 6.07) is 15.5. The maximum atomic E-state index is 11.8. The molecule has 28 heavy (non-hydrogen) atoms. The number of nitrogens with one attached hydrogen (secondary N) is 1. The van der Waals surface area contributed by atoms with Crippen LogP contribution < -0.4 is 14.8 Å². The molecular formula is C21H21NO4S2.